The molecule has 9 heteroatoms. The molecule has 1 unspecified atom stereocenters. The molecule has 0 bridgehead atoms. The molecule has 1 aromatic carbocycles. The summed E-state index contributed by atoms with van der Waals surface area (Å²) in [7, 11) is 1.49. The van der Waals surface area contributed by atoms with E-state index in [0.29, 0.717) is 5.13 Å². The van der Waals surface area contributed by atoms with Crippen LogP contribution in [0.3, 0.4) is 0 Å². The minimum Gasteiger partial charge on any atom is -0.383 e. The van der Waals surface area contributed by atoms with E-state index in [9.17, 15) is 9.59 Å². The van der Waals surface area contributed by atoms with Gasteiger partial charge in [-0.15, -0.1) is 23.7 Å². The van der Waals surface area contributed by atoms with Crippen molar-refractivity contribution in [3.8, 4) is 11.3 Å². The van der Waals surface area contributed by atoms with Gasteiger partial charge in [0.2, 0.25) is 11.8 Å². The second-order valence-corrected chi connectivity index (χ2v) is 5.71. The van der Waals surface area contributed by atoms with Gasteiger partial charge in [0.15, 0.2) is 5.13 Å². The fraction of sp³-hybridized carbons (Fsp3) is 0.267. The lowest BCUT2D eigenvalue weighted by molar-refractivity contribution is -0.118. The molecule has 2 amide bonds. The van der Waals surface area contributed by atoms with Crippen LogP contribution in [-0.2, 0) is 14.3 Å². The summed E-state index contributed by atoms with van der Waals surface area (Å²) in [5.74, 6) is -0.461. The molecule has 0 saturated carbocycles. The van der Waals surface area contributed by atoms with Crippen molar-refractivity contribution in [1.29, 1.82) is 0 Å². The van der Waals surface area contributed by atoms with Crippen LogP contribution in [0.25, 0.3) is 11.3 Å². The summed E-state index contributed by atoms with van der Waals surface area (Å²) in [6.07, 6.45) is 0. The molecule has 24 heavy (non-hydrogen) atoms. The summed E-state index contributed by atoms with van der Waals surface area (Å²) >= 11 is 1.31. The largest absolute Gasteiger partial charge is 0.383 e. The molecular weight excluding hydrogens is 352 g/mol. The molecule has 2 aromatic rings. The van der Waals surface area contributed by atoms with E-state index in [-0.39, 0.29) is 30.8 Å². The maximum absolute atomic E-state index is 11.8. The molecule has 130 valence electrons. The minimum absolute atomic E-state index is 0. The van der Waals surface area contributed by atoms with Crippen molar-refractivity contribution in [2.75, 3.05) is 24.4 Å². The number of halogens is 1. The van der Waals surface area contributed by atoms with Gasteiger partial charge >= 0.3 is 0 Å². The number of carbonyl (C=O) groups excluding carboxylic acids is 2. The highest BCUT2D eigenvalue weighted by Gasteiger charge is 2.15. The Labute approximate surface area is 150 Å². The normalized spacial score (nSPS) is 11.3. The maximum Gasteiger partial charge on any atom is 0.245 e. The highest BCUT2D eigenvalue weighted by Crippen LogP contribution is 2.26. The van der Waals surface area contributed by atoms with Crippen molar-refractivity contribution < 1.29 is 14.3 Å². The van der Waals surface area contributed by atoms with E-state index in [2.05, 4.69) is 15.6 Å². The first-order valence-electron chi connectivity index (χ1n) is 6.88. The molecule has 0 radical (unpaired) electrons. The van der Waals surface area contributed by atoms with Crippen LogP contribution in [0.15, 0.2) is 29.6 Å². The van der Waals surface area contributed by atoms with Crippen LogP contribution in [0.2, 0.25) is 0 Å². The summed E-state index contributed by atoms with van der Waals surface area (Å²) in [5.41, 5.74) is 8.00. The average molecular weight is 371 g/mol. The van der Waals surface area contributed by atoms with Crippen LogP contribution in [0.1, 0.15) is 6.92 Å². The van der Waals surface area contributed by atoms with Crippen LogP contribution in [0.5, 0.6) is 0 Å². The number of nitrogens with zero attached hydrogens (tertiary/aromatic N) is 1. The molecule has 1 atom stereocenters. The number of carbonyl (C=O) groups is 2. The Morgan fingerprint density at radius 3 is 2.54 bits per heavy atom. The van der Waals surface area contributed by atoms with Crippen molar-refractivity contribution in [2.24, 2.45) is 5.73 Å². The highest BCUT2D eigenvalue weighted by molar-refractivity contribution is 7.14. The summed E-state index contributed by atoms with van der Waals surface area (Å²) in [6, 6.07) is 6.56. The molecule has 7 nitrogen and oxygen atoms in total. The first-order chi connectivity index (χ1) is 11.0. The minimum atomic E-state index is -0.732. The molecule has 0 saturated heterocycles. The van der Waals surface area contributed by atoms with E-state index in [0.717, 1.165) is 16.9 Å². The topological polar surface area (TPSA) is 106 Å². The van der Waals surface area contributed by atoms with Crippen molar-refractivity contribution in [1.82, 2.24) is 4.98 Å². The quantitative estimate of drug-likeness (QED) is 0.722. The number of anilines is 2. The maximum atomic E-state index is 11.8. The number of benzene rings is 1. The second kappa shape index (κ2) is 9.33. The Balaban J connectivity index is 0.00000288. The number of hydrogen-bond donors (Lipinski definition) is 3. The number of ether oxygens (including phenoxy) is 1. The summed E-state index contributed by atoms with van der Waals surface area (Å²) in [6.45, 7) is 1.60. The van der Waals surface area contributed by atoms with Gasteiger partial charge in [-0.3, -0.25) is 9.59 Å². The van der Waals surface area contributed by atoms with Gasteiger partial charge in [-0.2, -0.15) is 0 Å². The Morgan fingerprint density at radius 1 is 1.29 bits per heavy atom. The van der Waals surface area contributed by atoms with Gasteiger partial charge in [0.25, 0.3) is 0 Å². The molecule has 0 aliphatic carbocycles. The molecule has 1 aromatic heterocycles. The van der Waals surface area contributed by atoms with E-state index < -0.39 is 6.04 Å². The van der Waals surface area contributed by atoms with Crippen molar-refractivity contribution in [2.45, 2.75) is 13.0 Å². The molecular formula is C15H19ClN4O3S. The zero-order chi connectivity index (χ0) is 16.8. The molecule has 2 rings (SSSR count). The van der Waals surface area contributed by atoms with E-state index in [1.54, 1.807) is 12.1 Å². The van der Waals surface area contributed by atoms with Crippen molar-refractivity contribution in [3.05, 3.63) is 29.6 Å². The predicted octanol–water partition coefficient (Wildman–Crippen LogP) is 2.10. The summed E-state index contributed by atoms with van der Waals surface area (Å²) in [5, 5.41) is 7.67. The highest BCUT2D eigenvalue weighted by atomic mass is 35.5. The van der Waals surface area contributed by atoms with Crippen LogP contribution in [0.4, 0.5) is 10.8 Å². The fourth-order valence-electron chi connectivity index (χ4n) is 1.84. The first kappa shape index (κ1) is 20.0. The van der Waals surface area contributed by atoms with Gasteiger partial charge in [0.1, 0.15) is 6.04 Å². The predicted molar refractivity (Wildman–Crippen MR) is 97.6 cm³/mol. The number of aromatic nitrogens is 1. The second-order valence-electron chi connectivity index (χ2n) is 4.85. The van der Waals surface area contributed by atoms with Gasteiger partial charge in [-0.25, -0.2) is 4.98 Å². The first-order valence-corrected chi connectivity index (χ1v) is 7.76. The third-order valence-electron chi connectivity index (χ3n) is 2.92. The zero-order valence-corrected chi connectivity index (χ0v) is 14.9. The molecule has 0 aliphatic heterocycles. The Hall–Kier alpha value is -2.00. The van der Waals surface area contributed by atoms with E-state index >= 15 is 0 Å². The lowest BCUT2D eigenvalue weighted by Crippen LogP contribution is -2.39. The smallest absolute Gasteiger partial charge is 0.245 e. The number of nitrogens with one attached hydrogen (secondary N) is 2. The third kappa shape index (κ3) is 5.57. The molecule has 1 heterocycles. The molecule has 0 aliphatic rings. The molecule has 4 N–H and O–H groups in total. The SMILES string of the molecule is COCC(N)C(=O)Nc1nc(-c2ccc(NC(C)=O)cc2)cs1.Cl. The fourth-order valence-corrected chi connectivity index (χ4v) is 2.57. The lowest BCUT2D eigenvalue weighted by atomic mass is 10.1. The average Bonchev–Trinajstić information content (AvgIpc) is 2.96. The van der Waals surface area contributed by atoms with E-state index in [1.165, 1.54) is 25.4 Å². The van der Waals surface area contributed by atoms with E-state index in [1.807, 2.05) is 17.5 Å². The van der Waals surface area contributed by atoms with Crippen LogP contribution < -0.4 is 16.4 Å². The Kier molecular flexibility index (Phi) is 7.80. The number of thiazole rings is 1. The summed E-state index contributed by atoms with van der Waals surface area (Å²) in [4.78, 5) is 27.2. The Bertz CT molecular complexity index is 690. The van der Waals surface area contributed by atoms with Gasteiger partial charge < -0.3 is 21.1 Å². The lowest BCUT2D eigenvalue weighted by Gasteiger charge is -2.08. The summed E-state index contributed by atoms with van der Waals surface area (Å²) < 4.78 is 4.84. The molecule has 0 spiro atoms. The van der Waals surface area contributed by atoms with Gasteiger partial charge in [0, 0.05) is 30.7 Å². The van der Waals surface area contributed by atoms with Crippen LogP contribution in [-0.4, -0.2) is 36.6 Å². The number of rotatable bonds is 6. The number of methoxy groups -OCH3 is 1. The zero-order valence-electron chi connectivity index (χ0n) is 13.2. The van der Waals surface area contributed by atoms with Gasteiger partial charge in [-0.05, 0) is 12.1 Å². The van der Waals surface area contributed by atoms with Crippen LogP contribution >= 0.6 is 23.7 Å². The van der Waals surface area contributed by atoms with Crippen LogP contribution in [0, 0.1) is 0 Å². The third-order valence-corrected chi connectivity index (χ3v) is 3.68. The number of amides is 2. The number of hydrogen-bond acceptors (Lipinski definition) is 6. The van der Waals surface area contributed by atoms with Crippen molar-refractivity contribution in [3.63, 3.8) is 0 Å². The van der Waals surface area contributed by atoms with Gasteiger partial charge in [0.05, 0.1) is 12.3 Å². The van der Waals surface area contributed by atoms with E-state index in [4.69, 9.17) is 10.5 Å². The van der Waals surface area contributed by atoms with Gasteiger partial charge in [-0.1, -0.05) is 12.1 Å². The number of nitrogens with two attached hydrogens (primary N) is 1. The standard InChI is InChI=1S/C15H18N4O3S.ClH/c1-9(20)17-11-5-3-10(4-6-11)13-8-23-15(18-13)19-14(21)12(16)7-22-2;/h3-6,8,12H,7,16H2,1-2H3,(H,17,20)(H,18,19,21);1H. The monoisotopic (exact) mass is 370 g/mol. The van der Waals surface area contributed by atoms with Crippen molar-refractivity contribution >= 4 is 46.4 Å². The Morgan fingerprint density at radius 2 is 1.96 bits per heavy atom. The molecule has 0 fully saturated rings.